The van der Waals surface area contributed by atoms with Gasteiger partial charge in [-0.15, -0.1) is 0 Å². The van der Waals surface area contributed by atoms with Crippen LogP contribution in [0.25, 0.3) is 66.1 Å². The van der Waals surface area contributed by atoms with Crippen molar-refractivity contribution in [1.29, 1.82) is 0 Å². The number of benzene rings is 9. The quantitative estimate of drug-likeness (QED) is 0.155. The molecular weight excluding hydrogens is 615 g/mol. The lowest BCUT2D eigenvalue weighted by Crippen LogP contribution is -2.10. The third-order valence-electron chi connectivity index (χ3n) is 9.83. The first kappa shape index (κ1) is 30.4. The van der Waals surface area contributed by atoms with Crippen LogP contribution in [0.15, 0.2) is 212 Å². The van der Waals surface area contributed by atoms with Gasteiger partial charge in [0.05, 0.1) is 0 Å². The van der Waals surface area contributed by atoms with Crippen LogP contribution >= 0.6 is 0 Å². The number of rotatable bonds is 7. The molecule has 1 heteroatoms. The van der Waals surface area contributed by atoms with E-state index in [1.807, 2.05) is 0 Å². The van der Waals surface area contributed by atoms with Gasteiger partial charge in [-0.05, 0) is 115 Å². The maximum Gasteiger partial charge on any atom is 0.0473 e. The Morgan fingerprint density at radius 2 is 0.647 bits per heavy atom. The van der Waals surface area contributed by atoms with Crippen molar-refractivity contribution in [3.8, 4) is 44.5 Å². The SMILES string of the molecule is c1ccc(-c2ccc(N(c3ccc(-c4ccccc4)cc3)c3cc(-c4ccccc4)cc(-c4cc5ccccc5c5ccccc45)c3)cc2)cc1. The van der Waals surface area contributed by atoms with Crippen molar-refractivity contribution >= 4 is 38.6 Å². The standard InChI is InChI=1S/C50H35N/c1-4-14-36(15-5-1)39-24-28-44(29-25-39)51(45-30-26-40(27-31-45)37-16-6-2-7-17-37)46-33-42(38-18-8-3-9-19-38)32-43(34-46)50-35-41-20-10-11-21-47(41)48-22-12-13-23-49(48)50/h1-35H. The molecule has 0 atom stereocenters. The van der Waals surface area contributed by atoms with Crippen LogP contribution in [0.5, 0.6) is 0 Å². The number of anilines is 3. The van der Waals surface area contributed by atoms with E-state index < -0.39 is 0 Å². The molecule has 0 saturated heterocycles. The Hall–Kier alpha value is -6.70. The fourth-order valence-corrected chi connectivity index (χ4v) is 7.30. The molecule has 0 aromatic heterocycles. The van der Waals surface area contributed by atoms with Crippen molar-refractivity contribution in [2.45, 2.75) is 0 Å². The van der Waals surface area contributed by atoms with Gasteiger partial charge in [0.2, 0.25) is 0 Å². The minimum Gasteiger partial charge on any atom is -0.310 e. The van der Waals surface area contributed by atoms with Crippen molar-refractivity contribution < 1.29 is 0 Å². The summed E-state index contributed by atoms with van der Waals surface area (Å²) in [5, 5.41) is 5.03. The molecule has 0 fully saturated rings. The van der Waals surface area contributed by atoms with E-state index in [1.165, 1.54) is 66.1 Å². The van der Waals surface area contributed by atoms with Gasteiger partial charge in [0.15, 0.2) is 0 Å². The highest BCUT2D eigenvalue weighted by molar-refractivity contribution is 6.14. The van der Waals surface area contributed by atoms with Gasteiger partial charge in [0.1, 0.15) is 0 Å². The van der Waals surface area contributed by atoms with Crippen LogP contribution in [0.2, 0.25) is 0 Å². The van der Waals surface area contributed by atoms with Crippen molar-refractivity contribution in [2.24, 2.45) is 0 Å². The van der Waals surface area contributed by atoms with E-state index in [0.29, 0.717) is 0 Å². The predicted octanol–water partition coefficient (Wildman–Crippen LogP) is 14.1. The second-order valence-corrected chi connectivity index (χ2v) is 13.0. The molecule has 0 aliphatic rings. The lowest BCUT2D eigenvalue weighted by atomic mass is 9.91. The van der Waals surface area contributed by atoms with Crippen LogP contribution in [0.3, 0.4) is 0 Å². The van der Waals surface area contributed by atoms with E-state index in [-0.39, 0.29) is 0 Å². The van der Waals surface area contributed by atoms with Gasteiger partial charge in [0, 0.05) is 17.1 Å². The van der Waals surface area contributed by atoms with Crippen LogP contribution in [0.4, 0.5) is 17.1 Å². The molecule has 240 valence electrons. The smallest absolute Gasteiger partial charge is 0.0473 e. The van der Waals surface area contributed by atoms with Crippen LogP contribution in [-0.2, 0) is 0 Å². The number of nitrogens with zero attached hydrogens (tertiary/aromatic N) is 1. The largest absolute Gasteiger partial charge is 0.310 e. The average Bonchev–Trinajstić information content (AvgIpc) is 3.22. The van der Waals surface area contributed by atoms with Crippen LogP contribution in [0, 0.1) is 0 Å². The normalized spacial score (nSPS) is 11.1. The first-order chi connectivity index (χ1) is 25.3. The zero-order chi connectivity index (χ0) is 34.0. The first-order valence-corrected chi connectivity index (χ1v) is 17.5. The molecule has 0 saturated carbocycles. The fourth-order valence-electron chi connectivity index (χ4n) is 7.30. The Morgan fingerprint density at radius 1 is 0.235 bits per heavy atom. The summed E-state index contributed by atoms with van der Waals surface area (Å²) in [6.07, 6.45) is 0. The van der Waals surface area contributed by atoms with Crippen molar-refractivity contribution in [3.05, 3.63) is 212 Å². The number of hydrogen-bond acceptors (Lipinski definition) is 1. The van der Waals surface area contributed by atoms with Crippen molar-refractivity contribution in [3.63, 3.8) is 0 Å². The summed E-state index contributed by atoms with van der Waals surface area (Å²) in [6, 6.07) is 76.7. The Kier molecular flexibility index (Phi) is 7.92. The zero-order valence-corrected chi connectivity index (χ0v) is 28.2. The predicted molar refractivity (Wildman–Crippen MR) is 218 cm³/mol. The summed E-state index contributed by atoms with van der Waals surface area (Å²) in [5.74, 6) is 0. The molecule has 9 aromatic rings. The summed E-state index contributed by atoms with van der Waals surface area (Å²) in [5.41, 5.74) is 12.9. The maximum atomic E-state index is 2.39. The monoisotopic (exact) mass is 649 g/mol. The fraction of sp³-hybridized carbons (Fsp3) is 0. The highest BCUT2D eigenvalue weighted by Gasteiger charge is 2.18. The molecule has 9 rings (SSSR count). The van der Waals surface area contributed by atoms with Crippen LogP contribution in [-0.4, -0.2) is 0 Å². The molecule has 0 amide bonds. The van der Waals surface area contributed by atoms with E-state index in [1.54, 1.807) is 0 Å². The molecule has 0 N–H and O–H groups in total. The van der Waals surface area contributed by atoms with Crippen molar-refractivity contribution in [2.75, 3.05) is 4.90 Å². The average molecular weight is 650 g/mol. The summed E-state index contributed by atoms with van der Waals surface area (Å²) in [6.45, 7) is 0. The van der Waals surface area contributed by atoms with Gasteiger partial charge in [0.25, 0.3) is 0 Å². The van der Waals surface area contributed by atoms with E-state index >= 15 is 0 Å². The zero-order valence-electron chi connectivity index (χ0n) is 28.2. The summed E-state index contributed by atoms with van der Waals surface area (Å²) < 4.78 is 0. The Morgan fingerprint density at radius 3 is 1.20 bits per heavy atom. The molecule has 9 aromatic carbocycles. The number of fused-ring (bicyclic) bond motifs is 3. The maximum absolute atomic E-state index is 2.39. The molecule has 1 nitrogen and oxygen atoms in total. The van der Waals surface area contributed by atoms with Crippen molar-refractivity contribution in [1.82, 2.24) is 0 Å². The van der Waals surface area contributed by atoms with E-state index in [0.717, 1.165) is 17.1 Å². The lowest BCUT2D eigenvalue weighted by Gasteiger charge is -2.27. The highest BCUT2D eigenvalue weighted by atomic mass is 15.1. The Bertz CT molecular complexity index is 2510. The molecule has 0 bridgehead atoms. The number of hydrogen-bond donors (Lipinski definition) is 0. The van der Waals surface area contributed by atoms with Crippen LogP contribution < -0.4 is 4.90 Å². The second kappa shape index (κ2) is 13.3. The van der Waals surface area contributed by atoms with Gasteiger partial charge in [-0.25, -0.2) is 0 Å². The van der Waals surface area contributed by atoms with E-state index in [2.05, 4.69) is 217 Å². The highest BCUT2D eigenvalue weighted by Crippen LogP contribution is 2.43. The minimum absolute atomic E-state index is 1.10. The molecule has 0 spiro atoms. The van der Waals surface area contributed by atoms with Gasteiger partial charge in [-0.3, -0.25) is 0 Å². The summed E-state index contributed by atoms with van der Waals surface area (Å²) in [4.78, 5) is 2.39. The third-order valence-corrected chi connectivity index (χ3v) is 9.83. The lowest BCUT2D eigenvalue weighted by molar-refractivity contribution is 1.28. The molecule has 51 heavy (non-hydrogen) atoms. The first-order valence-electron chi connectivity index (χ1n) is 17.5. The van der Waals surface area contributed by atoms with E-state index in [4.69, 9.17) is 0 Å². The van der Waals surface area contributed by atoms with E-state index in [9.17, 15) is 0 Å². The topological polar surface area (TPSA) is 3.24 Å². The molecular formula is C50H35N. The third kappa shape index (κ3) is 5.96. The van der Waals surface area contributed by atoms with Gasteiger partial charge >= 0.3 is 0 Å². The molecule has 0 aliphatic carbocycles. The Labute approximate surface area is 299 Å². The van der Waals surface area contributed by atoms with Gasteiger partial charge in [-0.1, -0.05) is 164 Å². The Balaban J connectivity index is 1.26. The van der Waals surface area contributed by atoms with Crippen LogP contribution in [0.1, 0.15) is 0 Å². The van der Waals surface area contributed by atoms with Gasteiger partial charge in [-0.2, -0.15) is 0 Å². The summed E-state index contributed by atoms with van der Waals surface area (Å²) in [7, 11) is 0. The summed E-state index contributed by atoms with van der Waals surface area (Å²) >= 11 is 0. The molecule has 0 radical (unpaired) electrons. The molecule has 0 heterocycles. The van der Waals surface area contributed by atoms with Gasteiger partial charge < -0.3 is 4.90 Å². The second-order valence-electron chi connectivity index (χ2n) is 13.0. The molecule has 0 unspecified atom stereocenters. The molecule has 0 aliphatic heterocycles. The minimum atomic E-state index is 1.10.